The van der Waals surface area contributed by atoms with Crippen molar-refractivity contribution in [3.05, 3.63) is 46.8 Å². The predicted octanol–water partition coefficient (Wildman–Crippen LogP) is 4.72. The zero-order valence-electron chi connectivity index (χ0n) is 14.7. The van der Waals surface area contributed by atoms with Gasteiger partial charge in [0.25, 0.3) is 0 Å². The summed E-state index contributed by atoms with van der Waals surface area (Å²) in [6.07, 6.45) is 5.61. The molecule has 1 aliphatic rings. The van der Waals surface area contributed by atoms with Crippen molar-refractivity contribution in [2.24, 2.45) is 5.41 Å². The molecule has 1 rings (SSSR count). The lowest BCUT2D eigenvalue weighted by atomic mass is 9.83. The highest BCUT2D eigenvalue weighted by Gasteiger charge is 2.24. The minimum atomic E-state index is -0.318. The van der Waals surface area contributed by atoms with Gasteiger partial charge in [0.15, 0.2) is 0 Å². The third kappa shape index (κ3) is 4.62. The lowest BCUT2D eigenvalue weighted by Gasteiger charge is -2.24. The monoisotopic (exact) mass is 304 g/mol. The van der Waals surface area contributed by atoms with Gasteiger partial charge in [-0.3, -0.25) is 0 Å². The molecule has 0 spiro atoms. The van der Waals surface area contributed by atoms with E-state index in [0.29, 0.717) is 18.6 Å². The Labute approximate surface area is 134 Å². The van der Waals surface area contributed by atoms with Gasteiger partial charge < -0.3 is 9.47 Å². The Morgan fingerprint density at radius 1 is 1.36 bits per heavy atom. The Morgan fingerprint density at radius 2 is 2.00 bits per heavy atom. The number of hydrogen-bond donors (Lipinski definition) is 0. The number of esters is 1. The summed E-state index contributed by atoms with van der Waals surface area (Å²) in [5.41, 5.74) is 3.87. The van der Waals surface area contributed by atoms with Gasteiger partial charge in [0, 0.05) is 12.0 Å². The number of rotatable bonds is 5. The van der Waals surface area contributed by atoms with E-state index in [4.69, 9.17) is 9.47 Å². The van der Waals surface area contributed by atoms with E-state index in [9.17, 15) is 4.79 Å². The number of carbonyl (C=O) groups excluding carboxylic acids is 1. The third-order valence-electron chi connectivity index (χ3n) is 3.64. The first kappa shape index (κ1) is 18.3. The van der Waals surface area contributed by atoms with E-state index in [1.807, 2.05) is 0 Å². The molecule has 1 aliphatic carbocycles. The fraction of sp³-hybridized carbons (Fsp3) is 0.526. The van der Waals surface area contributed by atoms with Crippen LogP contribution in [0.25, 0.3) is 0 Å². The first-order chi connectivity index (χ1) is 10.2. The summed E-state index contributed by atoms with van der Waals surface area (Å²) < 4.78 is 10.6. The minimum absolute atomic E-state index is 0.0404. The van der Waals surface area contributed by atoms with Gasteiger partial charge in [-0.2, -0.15) is 0 Å². The van der Waals surface area contributed by atoms with Crippen molar-refractivity contribution in [3.63, 3.8) is 0 Å². The summed E-state index contributed by atoms with van der Waals surface area (Å²) >= 11 is 0. The number of hydrogen-bond acceptors (Lipinski definition) is 3. The van der Waals surface area contributed by atoms with Crippen LogP contribution >= 0.6 is 0 Å². The molecule has 3 nitrogen and oxygen atoms in total. The topological polar surface area (TPSA) is 35.5 Å². The SMILES string of the molecule is C=C(CC1=CC(C(C)(C)C)=C(OC)C(C)=CC1)C(=O)OCC. The molecular formula is C19H28O3. The number of methoxy groups -OCH3 is 1. The van der Waals surface area contributed by atoms with Crippen molar-refractivity contribution in [2.75, 3.05) is 13.7 Å². The maximum absolute atomic E-state index is 11.8. The summed E-state index contributed by atoms with van der Waals surface area (Å²) in [4.78, 5) is 11.8. The second-order valence-corrected chi connectivity index (χ2v) is 6.59. The lowest BCUT2D eigenvalue weighted by Crippen LogP contribution is -2.12. The number of carbonyl (C=O) groups is 1. The van der Waals surface area contributed by atoms with Crippen LogP contribution in [-0.4, -0.2) is 19.7 Å². The molecule has 0 unspecified atom stereocenters. The summed E-state index contributed by atoms with van der Waals surface area (Å²) in [5.74, 6) is 0.603. The van der Waals surface area contributed by atoms with Gasteiger partial charge in [-0.25, -0.2) is 4.79 Å². The lowest BCUT2D eigenvalue weighted by molar-refractivity contribution is -0.138. The van der Waals surface area contributed by atoms with Crippen LogP contribution in [0.4, 0.5) is 0 Å². The van der Waals surface area contributed by atoms with Crippen LogP contribution in [0, 0.1) is 5.41 Å². The second kappa shape index (κ2) is 7.48. The van der Waals surface area contributed by atoms with E-state index >= 15 is 0 Å². The molecule has 122 valence electrons. The Bertz CT molecular complexity index is 540. The molecule has 0 N–H and O–H groups in total. The average Bonchev–Trinajstić information content (AvgIpc) is 2.58. The van der Waals surface area contributed by atoms with Crippen molar-refractivity contribution >= 4 is 5.97 Å². The molecule has 3 heteroatoms. The van der Waals surface area contributed by atoms with Crippen LogP contribution in [0.5, 0.6) is 0 Å². The predicted molar refractivity (Wildman–Crippen MR) is 90.3 cm³/mol. The quantitative estimate of drug-likeness (QED) is 0.544. The van der Waals surface area contributed by atoms with Crippen LogP contribution in [0.2, 0.25) is 0 Å². The van der Waals surface area contributed by atoms with Crippen molar-refractivity contribution in [1.29, 1.82) is 0 Å². The highest BCUT2D eigenvalue weighted by Crippen LogP contribution is 2.36. The highest BCUT2D eigenvalue weighted by molar-refractivity contribution is 5.88. The maximum Gasteiger partial charge on any atom is 0.333 e. The summed E-state index contributed by atoms with van der Waals surface area (Å²) in [7, 11) is 1.70. The molecule has 22 heavy (non-hydrogen) atoms. The Kier molecular flexibility index (Phi) is 6.21. The molecule has 0 aromatic carbocycles. The van der Waals surface area contributed by atoms with Crippen molar-refractivity contribution in [2.45, 2.75) is 47.5 Å². The van der Waals surface area contributed by atoms with Gasteiger partial charge >= 0.3 is 5.97 Å². The first-order valence-electron chi connectivity index (χ1n) is 7.70. The van der Waals surface area contributed by atoms with Gasteiger partial charge in [-0.1, -0.05) is 45.1 Å². The molecule has 0 aromatic heterocycles. The highest BCUT2D eigenvalue weighted by atomic mass is 16.5. The van der Waals surface area contributed by atoms with Gasteiger partial charge in [-0.15, -0.1) is 0 Å². The Morgan fingerprint density at radius 3 is 2.50 bits per heavy atom. The molecule has 0 aromatic rings. The normalized spacial score (nSPS) is 15.7. The molecule has 0 amide bonds. The Hall–Kier alpha value is -1.77. The Balaban J connectivity index is 3.13. The molecule has 0 radical (unpaired) electrons. The van der Waals surface area contributed by atoms with E-state index in [0.717, 1.165) is 28.9 Å². The van der Waals surface area contributed by atoms with Crippen LogP contribution in [0.15, 0.2) is 46.8 Å². The van der Waals surface area contributed by atoms with Crippen LogP contribution in [0.3, 0.4) is 0 Å². The molecule has 0 atom stereocenters. The molecule has 0 saturated carbocycles. The fourth-order valence-electron chi connectivity index (χ4n) is 2.45. The second-order valence-electron chi connectivity index (χ2n) is 6.59. The molecular weight excluding hydrogens is 276 g/mol. The fourth-order valence-corrected chi connectivity index (χ4v) is 2.45. The van der Waals surface area contributed by atoms with E-state index in [1.165, 1.54) is 0 Å². The molecule has 0 fully saturated rings. The maximum atomic E-state index is 11.8. The van der Waals surface area contributed by atoms with Crippen LogP contribution < -0.4 is 0 Å². The van der Waals surface area contributed by atoms with E-state index in [2.05, 4.69) is 46.4 Å². The zero-order chi connectivity index (χ0) is 16.9. The van der Waals surface area contributed by atoms with Gasteiger partial charge in [0.1, 0.15) is 5.76 Å². The van der Waals surface area contributed by atoms with Gasteiger partial charge in [-0.05, 0) is 36.8 Å². The van der Waals surface area contributed by atoms with Crippen LogP contribution in [-0.2, 0) is 14.3 Å². The molecule has 0 bridgehead atoms. The zero-order valence-corrected chi connectivity index (χ0v) is 14.7. The molecule has 0 saturated heterocycles. The van der Waals surface area contributed by atoms with Crippen LogP contribution in [0.1, 0.15) is 47.5 Å². The average molecular weight is 304 g/mol. The largest absolute Gasteiger partial charge is 0.496 e. The van der Waals surface area contributed by atoms with Crippen molar-refractivity contribution < 1.29 is 14.3 Å². The summed E-state index contributed by atoms with van der Waals surface area (Å²) in [6.45, 7) is 14.6. The van der Waals surface area contributed by atoms with E-state index < -0.39 is 0 Å². The van der Waals surface area contributed by atoms with Gasteiger partial charge in [0.2, 0.25) is 0 Å². The number of allylic oxidation sites excluding steroid dienone is 5. The van der Waals surface area contributed by atoms with Gasteiger partial charge in [0.05, 0.1) is 13.7 Å². The van der Waals surface area contributed by atoms with Crippen molar-refractivity contribution in [1.82, 2.24) is 0 Å². The van der Waals surface area contributed by atoms with E-state index in [-0.39, 0.29) is 11.4 Å². The third-order valence-corrected chi connectivity index (χ3v) is 3.64. The van der Waals surface area contributed by atoms with E-state index in [1.54, 1.807) is 14.0 Å². The first-order valence-corrected chi connectivity index (χ1v) is 7.70. The molecule has 0 heterocycles. The minimum Gasteiger partial charge on any atom is -0.496 e. The number of ether oxygens (including phenoxy) is 2. The summed E-state index contributed by atoms with van der Waals surface area (Å²) in [5, 5.41) is 0. The van der Waals surface area contributed by atoms with Crippen molar-refractivity contribution in [3.8, 4) is 0 Å². The molecule has 0 aliphatic heterocycles. The smallest absolute Gasteiger partial charge is 0.333 e. The summed E-state index contributed by atoms with van der Waals surface area (Å²) in [6, 6.07) is 0. The standard InChI is InChI=1S/C19H28O3/c1-8-22-18(20)14(3)11-15-10-9-13(2)17(21-7)16(12-15)19(4,5)6/h9,12H,3,8,10-11H2,1-2,4-7H3.